The number of aryl methyl sites for hydroxylation is 1. The van der Waals surface area contributed by atoms with E-state index in [1.807, 2.05) is 19.9 Å². The van der Waals surface area contributed by atoms with Crippen LogP contribution in [0.3, 0.4) is 0 Å². The molecule has 6 heteroatoms. The highest BCUT2D eigenvalue weighted by Crippen LogP contribution is 2.19. The summed E-state index contributed by atoms with van der Waals surface area (Å²) in [7, 11) is 0. The Morgan fingerprint density at radius 3 is 2.64 bits per heavy atom. The molecular formula is C19H24FN3O2. The summed E-state index contributed by atoms with van der Waals surface area (Å²) < 4.78 is 14.9. The molecule has 1 aromatic carbocycles. The van der Waals surface area contributed by atoms with Gasteiger partial charge >= 0.3 is 0 Å². The van der Waals surface area contributed by atoms with Crippen LogP contribution in [-0.4, -0.2) is 28.0 Å². The molecule has 0 unspecified atom stereocenters. The number of carbonyl (C=O) groups is 2. The van der Waals surface area contributed by atoms with Crippen molar-refractivity contribution in [3.8, 4) is 0 Å². The Kier molecular flexibility index (Phi) is 6.07. The van der Waals surface area contributed by atoms with E-state index in [-0.39, 0.29) is 30.0 Å². The van der Waals surface area contributed by atoms with Crippen molar-refractivity contribution in [1.29, 1.82) is 0 Å². The molecule has 1 amide bonds. The summed E-state index contributed by atoms with van der Waals surface area (Å²) in [4.78, 5) is 23.8. The first kappa shape index (κ1) is 18.8. The van der Waals surface area contributed by atoms with Gasteiger partial charge in [-0.25, -0.2) is 4.39 Å². The van der Waals surface area contributed by atoms with Crippen molar-refractivity contribution < 1.29 is 14.0 Å². The van der Waals surface area contributed by atoms with Crippen molar-refractivity contribution in [2.45, 2.75) is 46.6 Å². The summed E-state index contributed by atoms with van der Waals surface area (Å²) in [5.74, 6) is -0.392. The molecule has 25 heavy (non-hydrogen) atoms. The maximum absolute atomic E-state index is 13.1. The summed E-state index contributed by atoms with van der Waals surface area (Å²) in [6, 6.07) is 6.20. The molecule has 0 saturated heterocycles. The van der Waals surface area contributed by atoms with Crippen LogP contribution in [0.4, 0.5) is 4.39 Å². The quantitative estimate of drug-likeness (QED) is 0.784. The molecule has 0 fully saturated rings. The fourth-order valence-electron chi connectivity index (χ4n) is 3.07. The lowest BCUT2D eigenvalue weighted by Gasteiger charge is -2.14. The Labute approximate surface area is 147 Å². The predicted octanol–water partition coefficient (Wildman–Crippen LogP) is 3.15. The van der Waals surface area contributed by atoms with Crippen molar-refractivity contribution in [2.24, 2.45) is 0 Å². The number of hydrogen-bond donors (Lipinski definition) is 1. The number of nitrogens with zero attached hydrogens (tertiary/aromatic N) is 2. The highest BCUT2D eigenvalue weighted by Gasteiger charge is 2.20. The van der Waals surface area contributed by atoms with Gasteiger partial charge in [-0.2, -0.15) is 5.10 Å². The number of Topliss-reactive ketones (excluding diaryl/α,β-unsaturated/α-hetero) is 1. The number of benzene rings is 1. The van der Waals surface area contributed by atoms with Crippen LogP contribution in [0.1, 0.15) is 53.6 Å². The zero-order chi connectivity index (χ0) is 18.6. The SMILES string of the molecule is CC(=O)c1c(C)nn([C@H](C)CC(=O)NCCc2cccc(F)c2)c1C. The van der Waals surface area contributed by atoms with E-state index in [1.165, 1.54) is 19.1 Å². The third kappa shape index (κ3) is 4.75. The molecule has 0 radical (unpaired) electrons. The van der Waals surface area contributed by atoms with Crippen molar-refractivity contribution in [3.05, 3.63) is 52.6 Å². The van der Waals surface area contributed by atoms with Crippen LogP contribution in [0.15, 0.2) is 24.3 Å². The number of halogens is 1. The fourth-order valence-corrected chi connectivity index (χ4v) is 3.07. The molecule has 0 aliphatic rings. The lowest BCUT2D eigenvalue weighted by atomic mass is 10.1. The zero-order valence-corrected chi connectivity index (χ0v) is 15.1. The lowest BCUT2D eigenvalue weighted by molar-refractivity contribution is -0.121. The monoisotopic (exact) mass is 345 g/mol. The Bertz CT molecular complexity index is 783. The van der Waals surface area contributed by atoms with E-state index < -0.39 is 0 Å². The van der Waals surface area contributed by atoms with Gasteiger partial charge in [0.1, 0.15) is 5.82 Å². The van der Waals surface area contributed by atoms with E-state index in [0.717, 1.165) is 11.3 Å². The summed E-state index contributed by atoms with van der Waals surface area (Å²) in [6.07, 6.45) is 0.842. The molecular weight excluding hydrogens is 321 g/mol. The summed E-state index contributed by atoms with van der Waals surface area (Å²) in [5, 5.41) is 7.24. The van der Waals surface area contributed by atoms with Crippen molar-refractivity contribution >= 4 is 11.7 Å². The van der Waals surface area contributed by atoms with Crippen molar-refractivity contribution in [3.63, 3.8) is 0 Å². The van der Waals surface area contributed by atoms with Gasteiger partial charge in [-0.05, 0) is 51.8 Å². The number of amides is 1. The molecule has 5 nitrogen and oxygen atoms in total. The van der Waals surface area contributed by atoms with Gasteiger partial charge in [0.2, 0.25) is 5.91 Å². The van der Waals surface area contributed by atoms with Crippen LogP contribution in [-0.2, 0) is 11.2 Å². The van der Waals surface area contributed by atoms with Crippen LogP contribution in [0, 0.1) is 19.7 Å². The molecule has 0 spiro atoms. The maximum Gasteiger partial charge on any atom is 0.222 e. The summed E-state index contributed by atoms with van der Waals surface area (Å²) >= 11 is 0. The molecule has 1 heterocycles. The van der Waals surface area contributed by atoms with E-state index in [0.29, 0.717) is 24.2 Å². The average Bonchev–Trinajstić information content (AvgIpc) is 2.82. The van der Waals surface area contributed by atoms with E-state index in [1.54, 1.807) is 17.7 Å². The smallest absolute Gasteiger partial charge is 0.222 e. The molecule has 1 aromatic heterocycles. The third-order valence-corrected chi connectivity index (χ3v) is 4.20. The lowest BCUT2D eigenvalue weighted by Crippen LogP contribution is -2.28. The van der Waals surface area contributed by atoms with Crippen LogP contribution in [0.5, 0.6) is 0 Å². The second-order valence-electron chi connectivity index (χ2n) is 6.33. The molecule has 1 N–H and O–H groups in total. The Balaban J connectivity index is 1.90. The molecule has 0 bridgehead atoms. The van der Waals surface area contributed by atoms with Crippen LogP contribution < -0.4 is 5.32 Å². The third-order valence-electron chi connectivity index (χ3n) is 4.20. The maximum atomic E-state index is 13.1. The second-order valence-corrected chi connectivity index (χ2v) is 6.33. The molecule has 0 saturated carbocycles. The zero-order valence-electron chi connectivity index (χ0n) is 15.1. The largest absolute Gasteiger partial charge is 0.356 e. The highest BCUT2D eigenvalue weighted by atomic mass is 19.1. The molecule has 2 aromatic rings. The second kappa shape index (κ2) is 8.05. The summed E-state index contributed by atoms with van der Waals surface area (Å²) in [6.45, 7) is 7.51. The van der Waals surface area contributed by atoms with Gasteiger partial charge in [0.15, 0.2) is 5.78 Å². The first-order valence-electron chi connectivity index (χ1n) is 8.37. The predicted molar refractivity (Wildman–Crippen MR) is 94.1 cm³/mol. The van der Waals surface area contributed by atoms with Gasteiger partial charge in [-0.3, -0.25) is 14.3 Å². The average molecular weight is 345 g/mol. The van der Waals surface area contributed by atoms with Crippen LogP contribution in [0.25, 0.3) is 0 Å². The Hall–Kier alpha value is -2.50. The number of carbonyl (C=O) groups excluding carboxylic acids is 2. The van der Waals surface area contributed by atoms with Crippen molar-refractivity contribution in [2.75, 3.05) is 6.54 Å². The van der Waals surface area contributed by atoms with Crippen molar-refractivity contribution in [1.82, 2.24) is 15.1 Å². The fraction of sp³-hybridized carbons (Fsp3) is 0.421. The van der Waals surface area contributed by atoms with E-state index in [9.17, 15) is 14.0 Å². The molecule has 2 rings (SSSR count). The number of hydrogen-bond acceptors (Lipinski definition) is 3. The molecule has 134 valence electrons. The highest BCUT2D eigenvalue weighted by molar-refractivity contribution is 5.96. The normalized spacial score (nSPS) is 12.0. The van der Waals surface area contributed by atoms with Gasteiger partial charge in [0.05, 0.1) is 17.3 Å². The molecule has 0 aliphatic heterocycles. The van der Waals surface area contributed by atoms with Crippen LogP contribution >= 0.6 is 0 Å². The topological polar surface area (TPSA) is 64.0 Å². The number of rotatable bonds is 7. The van der Waals surface area contributed by atoms with Gasteiger partial charge in [0, 0.05) is 18.7 Å². The van der Waals surface area contributed by atoms with Gasteiger partial charge in [-0.15, -0.1) is 0 Å². The minimum Gasteiger partial charge on any atom is -0.356 e. The van der Waals surface area contributed by atoms with E-state index in [2.05, 4.69) is 10.4 Å². The summed E-state index contributed by atoms with van der Waals surface area (Å²) in [5.41, 5.74) is 2.93. The minimum absolute atomic E-state index is 0.0204. The van der Waals surface area contributed by atoms with E-state index in [4.69, 9.17) is 0 Å². The van der Waals surface area contributed by atoms with Gasteiger partial charge in [0.25, 0.3) is 0 Å². The number of nitrogens with one attached hydrogen (secondary N) is 1. The standard InChI is InChI=1S/C19H24FN3O2/c1-12(23-14(3)19(15(4)24)13(2)22-23)10-18(25)21-9-8-16-6-5-7-17(20)11-16/h5-7,11-12H,8-10H2,1-4H3,(H,21,25)/t12-/m1/s1. The minimum atomic E-state index is -0.275. The first-order valence-corrected chi connectivity index (χ1v) is 8.37. The number of ketones is 1. The Morgan fingerprint density at radius 2 is 2.04 bits per heavy atom. The number of aromatic nitrogens is 2. The van der Waals surface area contributed by atoms with Gasteiger partial charge < -0.3 is 5.32 Å². The van der Waals surface area contributed by atoms with E-state index >= 15 is 0 Å². The molecule has 1 atom stereocenters. The van der Waals surface area contributed by atoms with Crippen LogP contribution in [0.2, 0.25) is 0 Å². The first-order chi connectivity index (χ1) is 11.8. The molecule has 0 aliphatic carbocycles. The Morgan fingerprint density at radius 1 is 1.32 bits per heavy atom. The van der Waals surface area contributed by atoms with Gasteiger partial charge in [-0.1, -0.05) is 12.1 Å².